The molecule has 0 fully saturated rings. The van der Waals surface area contributed by atoms with Gasteiger partial charge in [-0.1, -0.05) is 6.08 Å². The van der Waals surface area contributed by atoms with Gasteiger partial charge in [-0.05, 0) is 41.8 Å². The van der Waals surface area contributed by atoms with E-state index in [1.165, 1.54) is 11.1 Å². The fourth-order valence-electron chi connectivity index (χ4n) is 2.42. The lowest BCUT2D eigenvalue weighted by molar-refractivity contribution is 0.830. The molecule has 0 saturated heterocycles. The minimum absolute atomic E-state index is 0.461. The first-order chi connectivity index (χ1) is 9.86. The third-order valence-corrected chi connectivity index (χ3v) is 3.43. The van der Waals surface area contributed by atoms with Crippen LogP contribution in [0.3, 0.4) is 0 Å². The van der Waals surface area contributed by atoms with Gasteiger partial charge < -0.3 is 4.90 Å². The summed E-state index contributed by atoms with van der Waals surface area (Å²) in [6, 6.07) is 9.95. The highest BCUT2D eigenvalue weighted by atomic mass is 15.1. The van der Waals surface area contributed by atoms with Crippen molar-refractivity contribution in [3.63, 3.8) is 0 Å². The number of nitrogens with zero attached hydrogens (tertiary/aromatic N) is 4. The number of pyridine rings is 2. The lowest BCUT2D eigenvalue weighted by atomic mass is 10.0. The first-order valence-electron chi connectivity index (χ1n) is 6.57. The maximum Gasteiger partial charge on any atom is 0.142 e. The zero-order chi connectivity index (χ0) is 13.8. The van der Waals surface area contributed by atoms with Crippen molar-refractivity contribution >= 4 is 11.3 Å². The first-order valence-corrected chi connectivity index (χ1v) is 6.57. The van der Waals surface area contributed by atoms with E-state index in [2.05, 4.69) is 27.0 Å². The largest absolute Gasteiger partial charge is 0.367 e. The SMILES string of the molecule is N#Cc1cc(N2CCC=C(c3ccncc3)C2)ccn1. The quantitative estimate of drug-likeness (QED) is 0.835. The number of hydrogen-bond donors (Lipinski definition) is 0. The van der Waals surface area contributed by atoms with E-state index in [4.69, 9.17) is 5.26 Å². The number of anilines is 1. The third kappa shape index (κ3) is 2.52. The van der Waals surface area contributed by atoms with Crippen LogP contribution in [0.4, 0.5) is 5.69 Å². The van der Waals surface area contributed by atoms with Gasteiger partial charge >= 0.3 is 0 Å². The molecule has 98 valence electrons. The van der Waals surface area contributed by atoms with Crippen LogP contribution in [0.5, 0.6) is 0 Å². The second-order valence-electron chi connectivity index (χ2n) is 4.69. The fraction of sp³-hybridized carbons (Fsp3) is 0.188. The lowest BCUT2D eigenvalue weighted by Gasteiger charge is -2.29. The molecule has 3 heterocycles. The standard InChI is InChI=1S/C16H14N4/c17-11-15-10-16(5-8-19-15)20-9-1-2-14(12-20)13-3-6-18-7-4-13/h2-8,10H,1,9,12H2. The molecular formula is C16H14N4. The number of aromatic nitrogens is 2. The van der Waals surface area contributed by atoms with E-state index >= 15 is 0 Å². The molecule has 0 atom stereocenters. The Kier molecular flexibility index (Phi) is 3.42. The van der Waals surface area contributed by atoms with Gasteiger partial charge in [0, 0.05) is 37.4 Å². The zero-order valence-corrected chi connectivity index (χ0v) is 11.0. The van der Waals surface area contributed by atoms with Crippen molar-refractivity contribution in [3.8, 4) is 6.07 Å². The summed E-state index contributed by atoms with van der Waals surface area (Å²) in [7, 11) is 0. The molecule has 1 aliphatic heterocycles. The summed E-state index contributed by atoms with van der Waals surface area (Å²) in [6.07, 6.45) is 8.60. The van der Waals surface area contributed by atoms with E-state index < -0.39 is 0 Å². The lowest BCUT2D eigenvalue weighted by Crippen LogP contribution is -2.29. The highest BCUT2D eigenvalue weighted by molar-refractivity contribution is 5.71. The molecule has 0 aromatic carbocycles. The second kappa shape index (κ2) is 5.54. The van der Waals surface area contributed by atoms with Crippen molar-refractivity contribution in [2.75, 3.05) is 18.0 Å². The third-order valence-electron chi connectivity index (χ3n) is 3.43. The van der Waals surface area contributed by atoms with Crippen molar-refractivity contribution in [2.45, 2.75) is 6.42 Å². The molecule has 0 N–H and O–H groups in total. The van der Waals surface area contributed by atoms with Gasteiger partial charge in [0.15, 0.2) is 0 Å². The van der Waals surface area contributed by atoms with Crippen LogP contribution >= 0.6 is 0 Å². The summed E-state index contributed by atoms with van der Waals surface area (Å²) in [6.45, 7) is 1.81. The Morgan fingerprint density at radius 2 is 2.00 bits per heavy atom. The average molecular weight is 262 g/mol. The Morgan fingerprint density at radius 1 is 1.15 bits per heavy atom. The predicted molar refractivity (Wildman–Crippen MR) is 78.0 cm³/mol. The van der Waals surface area contributed by atoms with Crippen molar-refractivity contribution in [3.05, 3.63) is 60.2 Å². The van der Waals surface area contributed by atoms with Crippen LogP contribution in [-0.2, 0) is 0 Å². The smallest absolute Gasteiger partial charge is 0.142 e. The first kappa shape index (κ1) is 12.4. The number of rotatable bonds is 2. The summed E-state index contributed by atoms with van der Waals surface area (Å²) in [4.78, 5) is 10.4. The summed E-state index contributed by atoms with van der Waals surface area (Å²) in [5, 5.41) is 8.94. The summed E-state index contributed by atoms with van der Waals surface area (Å²) < 4.78 is 0. The molecule has 4 nitrogen and oxygen atoms in total. The van der Waals surface area contributed by atoms with Crippen molar-refractivity contribution in [1.29, 1.82) is 5.26 Å². The molecule has 0 spiro atoms. The highest BCUT2D eigenvalue weighted by Crippen LogP contribution is 2.24. The van der Waals surface area contributed by atoms with Crippen LogP contribution in [0.2, 0.25) is 0 Å². The van der Waals surface area contributed by atoms with Crippen LogP contribution in [0, 0.1) is 11.3 Å². The van der Waals surface area contributed by atoms with Gasteiger partial charge in [-0.25, -0.2) is 4.98 Å². The summed E-state index contributed by atoms with van der Waals surface area (Å²) in [5.74, 6) is 0. The minimum Gasteiger partial charge on any atom is -0.367 e. The van der Waals surface area contributed by atoms with E-state index in [0.717, 1.165) is 25.2 Å². The molecule has 0 amide bonds. The molecular weight excluding hydrogens is 248 g/mol. The van der Waals surface area contributed by atoms with E-state index in [1.807, 2.05) is 36.7 Å². The molecule has 3 rings (SSSR count). The normalized spacial score (nSPS) is 14.6. The topological polar surface area (TPSA) is 52.8 Å². The molecule has 0 saturated carbocycles. The Bertz CT molecular complexity index is 670. The molecule has 2 aromatic rings. The highest BCUT2D eigenvalue weighted by Gasteiger charge is 2.14. The molecule has 20 heavy (non-hydrogen) atoms. The molecule has 4 heteroatoms. The monoisotopic (exact) mass is 262 g/mol. The van der Waals surface area contributed by atoms with E-state index in [1.54, 1.807) is 6.20 Å². The Morgan fingerprint density at radius 3 is 2.80 bits per heavy atom. The maximum absolute atomic E-state index is 8.94. The molecule has 0 unspecified atom stereocenters. The van der Waals surface area contributed by atoms with Crippen LogP contribution in [0.1, 0.15) is 17.7 Å². The number of hydrogen-bond acceptors (Lipinski definition) is 4. The second-order valence-corrected chi connectivity index (χ2v) is 4.69. The Hall–Kier alpha value is -2.67. The van der Waals surface area contributed by atoms with Gasteiger partial charge in [0.2, 0.25) is 0 Å². The van der Waals surface area contributed by atoms with Crippen LogP contribution in [0.15, 0.2) is 48.9 Å². The van der Waals surface area contributed by atoms with Crippen molar-refractivity contribution in [1.82, 2.24) is 9.97 Å². The summed E-state index contributed by atoms with van der Waals surface area (Å²) in [5.41, 5.74) is 4.02. The molecule has 0 aliphatic carbocycles. The van der Waals surface area contributed by atoms with Crippen molar-refractivity contribution < 1.29 is 0 Å². The predicted octanol–water partition coefficient (Wildman–Crippen LogP) is 2.64. The van der Waals surface area contributed by atoms with Gasteiger partial charge in [-0.3, -0.25) is 4.98 Å². The van der Waals surface area contributed by atoms with E-state index in [0.29, 0.717) is 5.69 Å². The summed E-state index contributed by atoms with van der Waals surface area (Å²) >= 11 is 0. The van der Waals surface area contributed by atoms with Gasteiger partial charge in [0.1, 0.15) is 11.8 Å². The van der Waals surface area contributed by atoms with E-state index in [9.17, 15) is 0 Å². The van der Waals surface area contributed by atoms with Crippen LogP contribution < -0.4 is 4.90 Å². The Balaban J connectivity index is 1.84. The zero-order valence-electron chi connectivity index (χ0n) is 11.0. The van der Waals surface area contributed by atoms with Gasteiger partial charge in [-0.15, -0.1) is 0 Å². The van der Waals surface area contributed by atoms with Crippen molar-refractivity contribution in [2.24, 2.45) is 0 Å². The number of nitriles is 1. The molecule has 2 aromatic heterocycles. The van der Waals surface area contributed by atoms with Crippen LogP contribution in [0.25, 0.3) is 5.57 Å². The van der Waals surface area contributed by atoms with Gasteiger partial charge in [-0.2, -0.15) is 5.26 Å². The Labute approximate surface area is 118 Å². The molecule has 1 aliphatic rings. The van der Waals surface area contributed by atoms with Gasteiger partial charge in [0.25, 0.3) is 0 Å². The molecule has 0 radical (unpaired) electrons. The average Bonchev–Trinajstić information content (AvgIpc) is 2.56. The van der Waals surface area contributed by atoms with E-state index in [-0.39, 0.29) is 0 Å². The maximum atomic E-state index is 8.94. The minimum atomic E-state index is 0.461. The molecule has 0 bridgehead atoms. The fourth-order valence-corrected chi connectivity index (χ4v) is 2.42. The van der Waals surface area contributed by atoms with Gasteiger partial charge in [0.05, 0.1) is 0 Å². The van der Waals surface area contributed by atoms with Crippen LogP contribution in [-0.4, -0.2) is 23.1 Å².